The lowest BCUT2D eigenvalue weighted by Crippen LogP contribution is -2.33. The summed E-state index contributed by atoms with van der Waals surface area (Å²) in [4.78, 5) is 37.0. The third-order valence-electron chi connectivity index (χ3n) is 5.78. The number of ketones is 1. The van der Waals surface area contributed by atoms with E-state index in [0.717, 1.165) is 34.5 Å². The van der Waals surface area contributed by atoms with Crippen molar-refractivity contribution in [1.29, 1.82) is 0 Å². The van der Waals surface area contributed by atoms with Gasteiger partial charge in [-0.1, -0.05) is 39.8 Å². The number of aromatic amines is 2. The first kappa shape index (κ1) is 19.4. The van der Waals surface area contributed by atoms with Crippen molar-refractivity contribution in [1.82, 2.24) is 20.3 Å². The summed E-state index contributed by atoms with van der Waals surface area (Å²) in [6.45, 7) is 10.1. The largest absolute Gasteiger partial charge is 0.354 e. The van der Waals surface area contributed by atoms with Crippen molar-refractivity contribution in [3.8, 4) is 0 Å². The number of aromatic nitrogens is 3. The van der Waals surface area contributed by atoms with Crippen LogP contribution < -0.4 is 5.32 Å². The smallest absolute Gasteiger partial charge is 0.268 e. The number of carbonyl (C=O) groups excluding carboxylic acids is 2. The lowest BCUT2D eigenvalue weighted by atomic mass is 9.75. The Labute approximate surface area is 170 Å². The molecule has 1 aliphatic carbocycles. The minimum Gasteiger partial charge on any atom is -0.354 e. The molecule has 152 valence electrons. The molecular formula is C23H28N4O2. The number of nitrogens with one attached hydrogen (secondary N) is 3. The Balaban J connectivity index is 1.65. The van der Waals surface area contributed by atoms with Gasteiger partial charge in [0.15, 0.2) is 5.78 Å². The van der Waals surface area contributed by atoms with E-state index >= 15 is 0 Å². The standard InChI is InChI=1S/C23H28N4O2/c1-12(2)19(21-25-14-8-6-7-9-15(14)26-21)27-22(29)20-13(3)18-16(24-20)10-23(4,5)11-17(18)28/h6-9,12,19,24H,10-11H2,1-5H3,(H,25,26)(H,27,29)/t19-/m1/s1. The number of imidazole rings is 1. The zero-order valence-electron chi connectivity index (χ0n) is 17.6. The molecule has 6 nitrogen and oxygen atoms in total. The average Bonchev–Trinajstić information content (AvgIpc) is 3.19. The van der Waals surface area contributed by atoms with Gasteiger partial charge in [0.1, 0.15) is 11.5 Å². The Kier molecular flexibility index (Phi) is 4.60. The van der Waals surface area contributed by atoms with Gasteiger partial charge in [-0.15, -0.1) is 0 Å². The Hall–Kier alpha value is -2.89. The molecule has 0 aliphatic heterocycles. The summed E-state index contributed by atoms with van der Waals surface area (Å²) in [5.74, 6) is 0.786. The molecule has 3 aromatic rings. The van der Waals surface area contributed by atoms with Crippen LogP contribution in [0.25, 0.3) is 11.0 Å². The molecule has 1 amide bonds. The summed E-state index contributed by atoms with van der Waals surface area (Å²) >= 11 is 0. The van der Waals surface area contributed by atoms with E-state index in [-0.39, 0.29) is 29.1 Å². The van der Waals surface area contributed by atoms with Crippen molar-refractivity contribution in [2.45, 2.75) is 53.5 Å². The van der Waals surface area contributed by atoms with Crippen LogP contribution in [0.15, 0.2) is 24.3 Å². The third kappa shape index (κ3) is 3.48. The highest BCUT2D eigenvalue weighted by Gasteiger charge is 2.35. The zero-order valence-corrected chi connectivity index (χ0v) is 17.6. The SMILES string of the molecule is Cc1c(C(=O)N[C@@H](c2nc3ccccc3[nH]2)C(C)C)[nH]c2c1C(=O)CC(C)(C)C2. The van der Waals surface area contributed by atoms with Crippen LogP contribution in [0.3, 0.4) is 0 Å². The number of Topliss-reactive ketones (excluding diaryl/α,β-unsaturated/α-hetero) is 1. The Morgan fingerprint density at radius 2 is 1.90 bits per heavy atom. The van der Waals surface area contributed by atoms with E-state index in [1.165, 1.54) is 0 Å². The molecule has 1 aliphatic rings. The molecule has 4 rings (SSSR count). The highest BCUT2D eigenvalue weighted by atomic mass is 16.2. The van der Waals surface area contributed by atoms with E-state index in [9.17, 15) is 9.59 Å². The molecule has 6 heteroatoms. The number of hydrogen-bond acceptors (Lipinski definition) is 3. The Morgan fingerprint density at radius 1 is 1.17 bits per heavy atom. The first-order valence-corrected chi connectivity index (χ1v) is 10.2. The van der Waals surface area contributed by atoms with E-state index in [2.05, 4.69) is 48.0 Å². The number of H-pyrrole nitrogens is 2. The number of para-hydroxylation sites is 2. The molecule has 0 fully saturated rings. The van der Waals surface area contributed by atoms with Crippen molar-refractivity contribution in [2.24, 2.45) is 11.3 Å². The summed E-state index contributed by atoms with van der Waals surface area (Å²) in [7, 11) is 0. The molecule has 0 radical (unpaired) electrons. The topological polar surface area (TPSA) is 90.6 Å². The lowest BCUT2D eigenvalue weighted by Gasteiger charge is -2.28. The molecular weight excluding hydrogens is 364 g/mol. The second-order valence-corrected chi connectivity index (χ2v) is 9.25. The number of fused-ring (bicyclic) bond motifs is 2. The molecule has 29 heavy (non-hydrogen) atoms. The molecule has 0 spiro atoms. The fourth-order valence-corrected chi connectivity index (χ4v) is 4.34. The summed E-state index contributed by atoms with van der Waals surface area (Å²) in [6.07, 6.45) is 1.27. The van der Waals surface area contributed by atoms with Crippen LogP contribution in [0, 0.1) is 18.3 Å². The normalized spacial score (nSPS) is 16.8. The minimum absolute atomic E-state index is 0.0934. The third-order valence-corrected chi connectivity index (χ3v) is 5.78. The Morgan fingerprint density at radius 3 is 2.59 bits per heavy atom. The van der Waals surface area contributed by atoms with Crippen LogP contribution in [0.4, 0.5) is 0 Å². The monoisotopic (exact) mass is 392 g/mol. The highest BCUT2D eigenvalue weighted by molar-refractivity contribution is 6.04. The van der Waals surface area contributed by atoms with Crippen molar-refractivity contribution >= 4 is 22.7 Å². The average molecular weight is 393 g/mol. The zero-order chi connectivity index (χ0) is 20.9. The van der Waals surface area contributed by atoms with Crippen molar-refractivity contribution < 1.29 is 9.59 Å². The maximum Gasteiger partial charge on any atom is 0.268 e. The molecule has 1 atom stereocenters. The van der Waals surface area contributed by atoms with Crippen LogP contribution in [-0.4, -0.2) is 26.6 Å². The van der Waals surface area contributed by atoms with E-state index in [1.807, 2.05) is 31.2 Å². The molecule has 0 bridgehead atoms. The van der Waals surface area contributed by atoms with E-state index in [1.54, 1.807) is 0 Å². The minimum atomic E-state index is -0.262. The molecule has 0 saturated carbocycles. The van der Waals surface area contributed by atoms with Gasteiger partial charge in [0, 0.05) is 17.7 Å². The molecule has 2 aromatic heterocycles. The summed E-state index contributed by atoms with van der Waals surface area (Å²) in [6, 6.07) is 7.56. The molecule has 2 heterocycles. The molecule has 3 N–H and O–H groups in total. The van der Waals surface area contributed by atoms with Gasteiger partial charge in [-0.05, 0) is 42.4 Å². The maximum atomic E-state index is 13.2. The number of amides is 1. The van der Waals surface area contributed by atoms with E-state index < -0.39 is 0 Å². The molecule has 0 unspecified atom stereocenters. The lowest BCUT2D eigenvalue weighted by molar-refractivity contribution is 0.0906. The van der Waals surface area contributed by atoms with Gasteiger partial charge in [-0.3, -0.25) is 9.59 Å². The summed E-state index contributed by atoms with van der Waals surface area (Å²) in [5.41, 5.74) is 4.51. The molecule has 0 saturated heterocycles. The number of rotatable bonds is 4. The van der Waals surface area contributed by atoms with Crippen molar-refractivity contribution in [3.05, 3.63) is 52.6 Å². The van der Waals surface area contributed by atoms with Crippen LogP contribution in [0.1, 0.15) is 78.1 Å². The highest BCUT2D eigenvalue weighted by Crippen LogP contribution is 2.37. The first-order valence-electron chi connectivity index (χ1n) is 10.2. The van der Waals surface area contributed by atoms with Crippen LogP contribution in [0.2, 0.25) is 0 Å². The van der Waals surface area contributed by atoms with Crippen LogP contribution >= 0.6 is 0 Å². The van der Waals surface area contributed by atoms with Gasteiger partial charge >= 0.3 is 0 Å². The van der Waals surface area contributed by atoms with Crippen molar-refractivity contribution in [3.63, 3.8) is 0 Å². The van der Waals surface area contributed by atoms with Crippen molar-refractivity contribution in [2.75, 3.05) is 0 Å². The number of carbonyl (C=O) groups is 2. The predicted molar refractivity (Wildman–Crippen MR) is 113 cm³/mol. The second kappa shape index (κ2) is 6.87. The molecule has 1 aromatic carbocycles. The van der Waals surface area contributed by atoms with Gasteiger partial charge in [0.25, 0.3) is 5.91 Å². The van der Waals surface area contributed by atoms with E-state index in [4.69, 9.17) is 0 Å². The first-order chi connectivity index (χ1) is 13.7. The van der Waals surface area contributed by atoms with E-state index in [0.29, 0.717) is 17.7 Å². The summed E-state index contributed by atoms with van der Waals surface area (Å²) < 4.78 is 0. The number of hydrogen-bond donors (Lipinski definition) is 3. The van der Waals surface area contributed by atoms with Gasteiger partial charge in [0.05, 0.1) is 17.1 Å². The van der Waals surface area contributed by atoms with Crippen LogP contribution in [-0.2, 0) is 6.42 Å². The Bertz CT molecular complexity index is 1070. The van der Waals surface area contributed by atoms with Gasteiger partial charge < -0.3 is 15.3 Å². The van der Waals surface area contributed by atoms with Gasteiger partial charge in [-0.2, -0.15) is 0 Å². The number of nitrogens with zero attached hydrogens (tertiary/aromatic N) is 1. The fraction of sp³-hybridized carbons (Fsp3) is 0.435. The maximum absolute atomic E-state index is 13.2. The second-order valence-electron chi connectivity index (χ2n) is 9.25. The summed E-state index contributed by atoms with van der Waals surface area (Å²) in [5, 5.41) is 3.12. The number of benzene rings is 1. The quantitative estimate of drug-likeness (QED) is 0.611. The van der Waals surface area contributed by atoms with Gasteiger partial charge in [0.2, 0.25) is 0 Å². The predicted octanol–water partition coefficient (Wildman–Crippen LogP) is 4.48. The van der Waals surface area contributed by atoms with Crippen LogP contribution in [0.5, 0.6) is 0 Å². The fourth-order valence-electron chi connectivity index (χ4n) is 4.34. The van der Waals surface area contributed by atoms with Gasteiger partial charge in [-0.25, -0.2) is 4.98 Å².